The number of hydrogen-bond donors (Lipinski definition) is 1. The molecule has 0 amide bonds. The number of nitrogens with two attached hydrogens (primary N) is 1. The van der Waals surface area contributed by atoms with Gasteiger partial charge in [0.15, 0.2) is 17.4 Å². The van der Waals surface area contributed by atoms with Crippen LogP contribution in [0.15, 0.2) is 30.5 Å². The molecule has 0 bridgehead atoms. The average Bonchev–Trinajstić information content (AvgIpc) is 2.64. The molecule has 0 aliphatic heterocycles. The molecule has 1 heterocycles. The molecule has 3 aromatic rings. The number of nitrogens with zero attached hydrogens (tertiary/aromatic N) is 2. The summed E-state index contributed by atoms with van der Waals surface area (Å²) in [5.41, 5.74) is -1.55. The smallest absolute Gasteiger partial charge is 0.231 e. The van der Waals surface area contributed by atoms with Crippen LogP contribution in [0.2, 0.25) is 0 Å². The number of primary sulfonamides is 1. The molecule has 0 unspecified atom stereocenters. The van der Waals surface area contributed by atoms with Crippen molar-refractivity contribution in [2.24, 2.45) is 5.14 Å². The van der Waals surface area contributed by atoms with Crippen LogP contribution in [0.5, 0.6) is 0 Å². The van der Waals surface area contributed by atoms with E-state index in [1.54, 1.807) is 0 Å². The summed E-state index contributed by atoms with van der Waals surface area (Å²) in [6.07, 6.45) is 0.428. The molecular weight excluding hydrogens is 414 g/mol. The van der Waals surface area contributed by atoms with Gasteiger partial charge in [0, 0.05) is 5.56 Å². The number of carbonyl (C=O) groups is 1. The molecule has 0 saturated heterocycles. The molecule has 0 spiro atoms. The molecule has 0 fully saturated rings. The number of hydrogen-bond acceptors (Lipinski definition) is 5. The fourth-order valence-electron chi connectivity index (χ4n) is 2.78. The van der Waals surface area contributed by atoms with Crippen LogP contribution in [-0.2, 0) is 16.4 Å². The predicted molar refractivity (Wildman–Crippen MR) is 95.5 cm³/mol. The summed E-state index contributed by atoms with van der Waals surface area (Å²) in [7, 11) is -3.82. The summed E-state index contributed by atoms with van der Waals surface area (Å²) in [4.78, 5) is 19.9. The number of aromatic nitrogens is 2. The van der Waals surface area contributed by atoms with E-state index in [-0.39, 0.29) is 35.0 Å². The van der Waals surface area contributed by atoms with Gasteiger partial charge in [0.2, 0.25) is 16.0 Å². The molecule has 152 valence electrons. The lowest BCUT2D eigenvalue weighted by Crippen LogP contribution is -2.17. The second-order valence-electron chi connectivity index (χ2n) is 6.22. The van der Waals surface area contributed by atoms with Gasteiger partial charge in [-0.25, -0.2) is 36.7 Å². The average molecular weight is 427 g/mol. The Labute approximate surface area is 162 Å². The van der Waals surface area contributed by atoms with E-state index in [2.05, 4.69) is 9.97 Å². The second-order valence-corrected chi connectivity index (χ2v) is 7.95. The van der Waals surface area contributed by atoms with Gasteiger partial charge in [-0.3, -0.25) is 4.79 Å². The third-order valence-corrected chi connectivity index (χ3v) is 4.97. The highest BCUT2D eigenvalue weighted by Crippen LogP contribution is 2.25. The van der Waals surface area contributed by atoms with Crippen LogP contribution >= 0.6 is 0 Å². The Kier molecular flexibility index (Phi) is 5.62. The van der Waals surface area contributed by atoms with Gasteiger partial charge in [-0.05, 0) is 42.7 Å². The first-order valence-corrected chi connectivity index (χ1v) is 9.92. The van der Waals surface area contributed by atoms with Crippen LogP contribution in [0.25, 0.3) is 11.0 Å². The summed E-state index contributed by atoms with van der Waals surface area (Å²) in [6, 6.07) is 4.14. The van der Waals surface area contributed by atoms with E-state index in [0.717, 1.165) is 12.3 Å². The van der Waals surface area contributed by atoms with Crippen LogP contribution in [0.3, 0.4) is 0 Å². The quantitative estimate of drug-likeness (QED) is 0.370. The normalized spacial score (nSPS) is 11.8. The number of benzene rings is 2. The third-order valence-electron chi connectivity index (χ3n) is 4.11. The molecule has 0 aliphatic rings. The fourth-order valence-corrected chi connectivity index (χ4v) is 3.32. The van der Waals surface area contributed by atoms with Crippen molar-refractivity contribution in [3.8, 4) is 0 Å². The number of ketones is 1. The Balaban J connectivity index is 2.01. The van der Waals surface area contributed by atoms with Crippen LogP contribution < -0.4 is 5.14 Å². The van der Waals surface area contributed by atoms with Gasteiger partial charge >= 0.3 is 0 Å². The van der Waals surface area contributed by atoms with Crippen LogP contribution in [0, 0.1) is 23.4 Å². The summed E-state index contributed by atoms with van der Waals surface area (Å²) in [5, 5.41) is 4.85. The van der Waals surface area contributed by atoms with Crippen LogP contribution in [0.4, 0.5) is 17.6 Å². The van der Waals surface area contributed by atoms with E-state index in [1.165, 1.54) is 12.1 Å². The van der Waals surface area contributed by atoms with Gasteiger partial charge in [0.05, 0.1) is 28.5 Å². The Hall–Kier alpha value is -2.92. The van der Waals surface area contributed by atoms with Gasteiger partial charge in [0.1, 0.15) is 5.82 Å². The third kappa shape index (κ3) is 4.57. The highest BCUT2D eigenvalue weighted by Gasteiger charge is 2.25. The highest BCUT2D eigenvalue weighted by molar-refractivity contribution is 7.89. The lowest BCUT2D eigenvalue weighted by molar-refractivity contribution is 0.102. The monoisotopic (exact) mass is 427 g/mol. The molecule has 2 N–H and O–H groups in total. The number of fused-ring (bicyclic) bond motifs is 1. The number of carbonyl (C=O) groups excluding carboxylic acids is 1. The largest absolute Gasteiger partial charge is 0.288 e. The van der Waals surface area contributed by atoms with Crippen LogP contribution in [0.1, 0.15) is 27.9 Å². The number of aryl methyl sites for hydroxylation is 1. The molecule has 6 nitrogen and oxygen atoms in total. The van der Waals surface area contributed by atoms with Crippen molar-refractivity contribution in [2.45, 2.75) is 12.8 Å². The van der Waals surface area contributed by atoms with Gasteiger partial charge in [-0.15, -0.1) is 0 Å². The van der Waals surface area contributed by atoms with Crippen molar-refractivity contribution in [3.63, 3.8) is 0 Å². The van der Waals surface area contributed by atoms with Gasteiger partial charge in [-0.2, -0.15) is 4.39 Å². The summed E-state index contributed by atoms with van der Waals surface area (Å²) in [6.45, 7) is 0. The molecule has 0 aliphatic carbocycles. The van der Waals surface area contributed by atoms with Gasteiger partial charge in [0.25, 0.3) is 0 Å². The Morgan fingerprint density at radius 2 is 1.76 bits per heavy atom. The minimum absolute atomic E-state index is 0.0264. The zero-order chi connectivity index (χ0) is 21.3. The predicted octanol–water partition coefficient (Wildman–Crippen LogP) is 2.64. The van der Waals surface area contributed by atoms with Crippen molar-refractivity contribution in [1.29, 1.82) is 0 Å². The maximum atomic E-state index is 14.8. The molecule has 3 rings (SSSR count). The maximum Gasteiger partial charge on any atom is 0.231 e. The summed E-state index contributed by atoms with van der Waals surface area (Å²) >= 11 is 0. The number of rotatable bonds is 6. The van der Waals surface area contributed by atoms with E-state index < -0.39 is 50.5 Å². The summed E-state index contributed by atoms with van der Waals surface area (Å²) in [5.74, 6) is -7.06. The zero-order valence-corrected chi connectivity index (χ0v) is 15.4. The topological polar surface area (TPSA) is 103 Å². The highest BCUT2D eigenvalue weighted by atomic mass is 32.2. The van der Waals surface area contributed by atoms with Gasteiger partial charge in [-0.1, -0.05) is 0 Å². The van der Waals surface area contributed by atoms with Crippen molar-refractivity contribution in [3.05, 3.63) is 70.6 Å². The van der Waals surface area contributed by atoms with E-state index >= 15 is 0 Å². The molecular formula is C18H13F4N3O3S. The van der Waals surface area contributed by atoms with E-state index in [4.69, 9.17) is 5.14 Å². The Morgan fingerprint density at radius 1 is 1.03 bits per heavy atom. The maximum absolute atomic E-state index is 14.8. The minimum Gasteiger partial charge on any atom is -0.288 e. The van der Waals surface area contributed by atoms with Crippen molar-refractivity contribution < 1.29 is 30.8 Å². The SMILES string of the molecule is NS(=O)(=O)CCCc1cc(F)c(F)c(C(=O)c2ccc3ncc(F)nc3c2)c1F. The second kappa shape index (κ2) is 7.84. The van der Waals surface area contributed by atoms with E-state index in [0.29, 0.717) is 6.07 Å². The molecule has 2 aromatic carbocycles. The summed E-state index contributed by atoms with van der Waals surface area (Å²) < 4.78 is 78.1. The first kappa shape index (κ1) is 20.8. The van der Waals surface area contributed by atoms with E-state index in [9.17, 15) is 30.8 Å². The zero-order valence-electron chi connectivity index (χ0n) is 14.6. The Bertz CT molecular complexity index is 1230. The molecule has 0 atom stereocenters. The number of halogens is 4. The van der Waals surface area contributed by atoms with E-state index in [1.807, 2.05) is 0 Å². The van der Waals surface area contributed by atoms with Gasteiger partial charge < -0.3 is 0 Å². The van der Waals surface area contributed by atoms with Crippen LogP contribution in [-0.4, -0.2) is 29.9 Å². The minimum atomic E-state index is -3.82. The standard InChI is InChI=1S/C18H13F4N3O3S/c19-11-6-9(2-1-5-29(23,27)28)16(21)15(17(11)22)18(26)10-3-4-12-13(7-10)25-14(20)8-24-12/h3-4,6-8H,1-2,5H2,(H2,23,27,28). The molecule has 11 heteroatoms. The molecule has 0 radical (unpaired) electrons. The first-order valence-electron chi connectivity index (χ1n) is 8.20. The lowest BCUT2D eigenvalue weighted by atomic mass is 9.97. The van der Waals surface area contributed by atoms with Crippen molar-refractivity contribution >= 4 is 26.8 Å². The van der Waals surface area contributed by atoms with Crippen molar-refractivity contribution in [2.75, 3.05) is 5.75 Å². The molecule has 29 heavy (non-hydrogen) atoms. The molecule has 0 saturated carbocycles. The lowest BCUT2D eigenvalue weighted by Gasteiger charge is -2.10. The number of sulfonamides is 1. The molecule has 1 aromatic heterocycles. The fraction of sp³-hybridized carbons (Fsp3) is 0.167. The Morgan fingerprint density at radius 3 is 2.45 bits per heavy atom. The van der Waals surface area contributed by atoms with Crippen molar-refractivity contribution in [1.82, 2.24) is 9.97 Å². The first-order chi connectivity index (χ1) is 13.6.